The van der Waals surface area contributed by atoms with Crippen LogP contribution in [0.4, 0.5) is 5.69 Å². The Morgan fingerprint density at radius 3 is 2.67 bits per heavy atom. The van der Waals surface area contributed by atoms with Gasteiger partial charge in [0.2, 0.25) is 5.91 Å². The van der Waals surface area contributed by atoms with Gasteiger partial charge >= 0.3 is 5.76 Å². The van der Waals surface area contributed by atoms with Crippen molar-refractivity contribution in [2.45, 2.75) is 20.4 Å². The topological polar surface area (TPSA) is 64.2 Å². The summed E-state index contributed by atoms with van der Waals surface area (Å²) in [6.07, 6.45) is 0. The van der Waals surface area contributed by atoms with Crippen molar-refractivity contribution in [2.75, 3.05) is 5.32 Å². The Balaban J connectivity index is 1.89. The Labute approximate surface area is 147 Å². The molecule has 124 valence electrons. The van der Waals surface area contributed by atoms with Gasteiger partial charge in [-0.3, -0.25) is 9.36 Å². The summed E-state index contributed by atoms with van der Waals surface area (Å²) >= 11 is 12.1. The molecule has 0 aliphatic heterocycles. The van der Waals surface area contributed by atoms with Crippen molar-refractivity contribution >= 4 is 45.9 Å². The minimum Gasteiger partial charge on any atom is -0.408 e. The molecule has 0 saturated heterocycles. The Hall–Kier alpha value is -2.24. The number of amides is 1. The molecule has 0 radical (unpaired) electrons. The summed E-state index contributed by atoms with van der Waals surface area (Å²) in [6.45, 7) is 3.60. The fourth-order valence-electron chi connectivity index (χ4n) is 2.59. The van der Waals surface area contributed by atoms with E-state index in [1.807, 2.05) is 19.9 Å². The van der Waals surface area contributed by atoms with Gasteiger partial charge in [-0.05, 0) is 43.2 Å². The smallest absolute Gasteiger partial charge is 0.408 e. The number of nitrogens with one attached hydrogen (secondary N) is 1. The second-order valence-electron chi connectivity index (χ2n) is 5.55. The summed E-state index contributed by atoms with van der Waals surface area (Å²) in [7, 11) is 0. The van der Waals surface area contributed by atoms with Gasteiger partial charge in [-0.2, -0.15) is 0 Å². The Morgan fingerprint density at radius 1 is 1.21 bits per heavy atom. The number of carbonyl (C=O) groups excluding carboxylic acids is 1. The van der Waals surface area contributed by atoms with Crippen molar-refractivity contribution in [3.05, 3.63) is 62.1 Å². The van der Waals surface area contributed by atoms with Gasteiger partial charge in [-0.25, -0.2) is 4.79 Å². The van der Waals surface area contributed by atoms with E-state index < -0.39 is 5.76 Å². The highest BCUT2D eigenvalue weighted by atomic mass is 35.5. The van der Waals surface area contributed by atoms with E-state index in [2.05, 4.69) is 5.32 Å². The second-order valence-corrected chi connectivity index (χ2v) is 6.40. The molecule has 0 bridgehead atoms. The molecule has 0 unspecified atom stereocenters. The lowest BCUT2D eigenvalue weighted by atomic mass is 10.1. The van der Waals surface area contributed by atoms with Crippen LogP contribution in [-0.2, 0) is 11.3 Å². The fourth-order valence-corrected chi connectivity index (χ4v) is 3.12. The molecule has 1 aromatic heterocycles. The average molecular weight is 365 g/mol. The molecule has 1 N–H and O–H groups in total. The number of oxazole rings is 1. The van der Waals surface area contributed by atoms with Crippen molar-refractivity contribution in [3.63, 3.8) is 0 Å². The number of benzene rings is 2. The minimum atomic E-state index is -0.617. The number of hydrogen-bond acceptors (Lipinski definition) is 3. The van der Waals surface area contributed by atoms with Gasteiger partial charge in [0.25, 0.3) is 0 Å². The number of nitrogens with zero attached hydrogens (tertiary/aromatic N) is 1. The Morgan fingerprint density at radius 2 is 1.96 bits per heavy atom. The highest BCUT2D eigenvalue weighted by molar-refractivity contribution is 6.34. The molecule has 1 amide bonds. The average Bonchev–Trinajstić information content (AvgIpc) is 2.78. The summed E-state index contributed by atoms with van der Waals surface area (Å²) in [5.41, 5.74) is 3.24. The summed E-state index contributed by atoms with van der Waals surface area (Å²) in [4.78, 5) is 24.3. The van der Waals surface area contributed by atoms with Crippen molar-refractivity contribution in [1.82, 2.24) is 4.57 Å². The van der Waals surface area contributed by atoms with Crippen LogP contribution in [-0.4, -0.2) is 10.5 Å². The predicted octanol–water partition coefficient (Wildman–Crippen LogP) is 4.16. The number of rotatable bonds is 3. The predicted molar refractivity (Wildman–Crippen MR) is 95.0 cm³/mol. The Kier molecular flexibility index (Phi) is 4.39. The zero-order valence-electron chi connectivity index (χ0n) is 13.0. The van der Waals surface area contributed by atoms with Crippen LogP contribution in [0, 0.1) is 13.8 Å². The molecule has 5 nitrogen and oxygen atoms in total. The van der Waals surface area contributed by atoms with Gasteiger partial charge in [0, 0.05) is 11.1 Å². The lowest BCUT2D eigenvalue weighted by molar-refractivity contribution is -0.116. The van der Waals surface area contributed by atoms with Crippen molar-refractivity contribution in [1.29, 1.82) is 0 Å². The van der Waals surface area contributed by atoms with Gasteiger partial charge in [-0.15, -0.1) is 0 Å². The molecule has 0 atom stereocenters. The molecule has 0 aliphatic rings. The SMILES string of the molecule is Cc1cc(C)c(NC(=O)Cn2c(=O)oc3cc(Cl)ccc32)c(Cl)c1. The van der Waals surface area contributed by atoms with E-state index in [1.165, 1.54) is 10.6 Å². The van der Waals surface area contributed by atoms with E-state index in [1.54, 1.807) is 18.2 Å². The second kappa shape index (κ2) is 6.34. The molecule has 0 fully saturated rings. The number of halogens is 2. The molecular formula is C17H14Cl2N2O3. The number of fused-ring (bicyclic) bond motifs is 1. The zero-order chi connectivity index (χ0) is 17.4. The van der Waals surface area contributed by atoms with Crippen molar-refractivity contribution in [2.24, 2.45) is 0 Å². The van der Waals surface area contributed by atoms with Crippen LogP contribution in [0.1, 0.15) is 11.1 Å². The maximum atomic E-state index is 12.3. The summed E-state index contributed by atoms with van der Waals surface area (Å²) in [5.74, 6) is -0.988. The quantitative estimate of drug-likeness (QED) is 0.758. The van der Waals surface area contributed by atoms with E-state index in [-0.39, 0.29) is 12.5 Å². The molecule has 3 aromatic rings. The third-order valence-corrected chi connectivity index (χ3v) is 4.16. The first kappa shape index (κ1) is 16.6. The summed E-state index contributed by atoms with van der Waals surface area (Å²) in [5, 5.41) is 3.66. The van der Waals surface area contributed by atoms with Crippen LogP contribution in [0.5, 0.6) is 0 Å². The van der Waals surface area contributed by atoms with E-state index >= 15 is 0 Å². The monoisotopic (exact) mass is 364 g/mol. The molecule has 24 heavy (non-hydrogen) atoms. The first-order chi connectivity index (χ1) is 11.3. The lowest BCUT2D eigenvalue weighted by Crippen LogP contribution is -2.25. The van der Waals surface area contributed by atoms with Crippen molar-refractivity contribution in [3.8, 4) is 0 Å². The first-order valence-corrected chi connectivity index (χ1v) is 7.96. The number of anilines is 1. The van der Waals surface area contributed by atoms with Crippen LogP contribution in [0.2, 0.25) is 10.0 Å². The van der Waals surface area contributed by atoms with Gasteiger partial charge < -0.3 is 9.73 Å². The standard InChI is InChI=1S/C17H14Cl2N2O3/c1-9-5-10(2)16(12(19)6-9)20-15(22)8-21-13-4-3-11(18)7-14(13)24-17(21)23/h3-7H,8H2,1-2H3,(H,20,22). The van der Waals surface area contributed by atoms with Crippen LogP contribution in [0.15, 0.2) is 39.5 Å². The van der Waals surface area contributed by atoms with E-state index in [4.69, 9.17) is 27.6 Å². The third-order valence-electron chi connectivity index (χ3n) is 3.63. The summed E-state index contributed by atoms with van der Waals surface area (Å²) in [6, 6.07) is 8.50. The first-order valence-electron chi connectivity index (χ1n) is 7.20. The third kappa shape index (κ3) is 3.18. The maximum absolute atomic E-state index is 12.3. The van der Waals surface area contributed by atoms with E-state index in [0.29, 0.717) is 26.8 Å². The van der Waals surface area contributed by atoms with Gasteiger partial charge in [0.1, 0.15) is 6.54 Å². The molecule has 2 aromatic carbocycles. The van der Waals surface area contributed by atoms with E-state index in [9.17, 15) is 9.59 Å². The molecule has 0 aliphatic carbocycles. The number of hydrogen-bond donors (Lipinski definition) is 1. The normalized spacial score (nSPS) is 11.0. The molecule has 3 rings (SSSR count). The maximum Gasteiger partial charge on any atom is 0.420 e. The van der Waals surface area contributed by atoms with Gasteiger partial charge in [0.05, 0.1) is 16.2 Å². The molecule has 0 saturated carbocycles. The van der Waals surface area contributed by atoms with Crippen LogP contribution < -0.4 is 11.1 Å². The highest BCUT2D eigenvalue weighted by Gasteiger charge is 2.15. The zero-order valence-corrected chi connectivity index (χ0v) is 14.5. The lowest BCUT2D eigenvalue weighted by Gasteiger charge is -2.11. The van der Waals surface area contributed by atoms with Crippen molar-refractivity contribution < 1.29 is 9.21 Å². The Bertz CT molecular complexity index is 982. The van der Waals surface area contributed by atoms with Gasteiger partial charge in [-0.1, -0.05) is 29.3 Å². The van der Waals surface area contributed by atoms with E-state index in [0.717, 1.165) is 11.1 Å². The van der Waals surface area contributed by atoms with Crippen LogP contribution in [0.3, 0.4) is 0 Å². The summed E-state index contributed by atoms with van der Waals surface area (Å²) < 4.78 is 6.36. The molecule has 1 heterocycles. The molecular weight excluding hydrogens is 351 g/mol. The largest absolute Gasteiger partial charge is 0.420 e. The fraction of sp³-hybridized carbons (Fsp3) is 0.176. The molecule has 0 spiro atoms. The van der Waals surface area contributed by atoms with Crippen LogP contribution >= 0.6 is 23.2 Å². The number of carbonyl (C=O) groups is 1. The molecule has 7 heteroatoms. The minimum absolute atomic E-state index is 0.183. The van der Waals surface area contributed by atoms with Gasteiger partial charge in [0.15, 0.2) is 5.58 Å². The van der Waals surface area contributed by atoms with Crippen LogP contribution in [0.25, 0.3) is 11.1 Å². The number of aromatic nitrogens is 1. The highest BCUT2D eigenvalue weighted by Crippen LogP contribution is 2.27. The number of aryl methyl sites for hydroxylation is 2.